The lowest BCUT2D eigenvalue weighted by Gasteiger charge is -2.31. The molecule has 0 aromatic rings. The van der Waals surface area contributed by atoms with Crippen LogP contribution in [0.15, 0.2) is 11.1 Å². The van der Waals surface area contributed by atoms with Crippen LogP contribution in [0, 0.1) is 17.3 Å². The molecule has 1 aliphatic heterocycles. The second kappa shape index (κ2) is 3.60. The van der Waals surface area contributed by atoms with Crippen molar-refractivity contribution < 1.29 is 14.6 Å². The molecule has 1 saturated heterocycles. The van der Waals surface area contributed by atoms with Crippen molar-refractivity contribution in [3.63, 3.8) is 0 Å². The maximum atomic E-state index is 12.0. The summed E-state index contributed by atoms with van der Waals surface area (Å²) in [6, 6.07) is 0. The van der Waals surface area contributed by atoms with E-state index in [4.69, 9.17) is 4.74 Å². The van der Waals surface area contributed by atoms with Gasteiger partial charge in [0.2, 0.25) is 0 Å². The summed E-state index contributed by atoms with van der Waals surface area (Å²) >= 11 is 0. The fourth-order valence-electron chi connectivity index (χ4n) is 4.03. The summed E-state index contributed by atoms with van der Waals surface area (Å²) in [5.74, 6) is 0.228. The van der Waals surface area contributed by atoms with Crippen molar-refractivity contribution in [2.24, 2.45) is 17.3 Å². The SMILES string of the molecule is CC1(C)CC2=C3C(=O)OC[C@H]3CC[C@@](C)(O)[C@@H]2C1. The van der Waals surface area contributed by atoms with Crippen molar-refractivity contribution in [1.29, 1.82) is 0 Å². The predicted octanol–water partition coefficient (Wildman–Crippen LogP) is 2.44. The van der Waals surface area contributed by atoms with Crippen LogP contribution in [0.3, 0.4) is 0 Å². The Bertz CT molecular complexity index is 431. The molecule has 0 aromatic heterocycles. The number of cyclic esters (lactones) is 1. The average molecular weight is 250 g/mol. The highest BCUT2D eigenvalue weighted by molar-refractivity contribution is 5.92. The Hall–Kier alpha value is -0.830. The number of esters is 1. The zero-order chi connectivity index (χ0) is 13.1. The number of hydrogen-bond donors (Lipinski definition) is 1. The van der Waals surface area contributed by atoms with E-state index in [1.165, 1.54) is 5.57 Å². The Morgan fingerprint density at radius 1 is 1.33 bits per heavy atom. The zero-order valence-corrected chi connectivity index (χ0v) is 11.5. The van der Waals surface area contributed by atoms with Gasteiger partial charge in [-0.1, -0.05) is 19.4 Å². The third-order valence-electron chi connectivity index (χ3n) is 4.99. The number of hydrogen-bond acceptors (Lipinski definition) is 3. The van der Waals surface area contributed by atoms with Crippen molar-refractivity contribution in [3.8, 4) is 0 Å². The quantitative estimate of drug-likeness (QED) is 0.672. The molecule has 0 spiro atoms. The molecule has 3 nitrogen and oxygen atoms in total. The highest BCUT2D eigenvalue weighted by Crippen LogP contribution is 2.54. The number of aliphatic hydroxyl groups is 1. The van der Waals surface area contributed by atoms with Crippen LogP contribution in [0.4, 0.5) is 0 Å². The van der Waals surface area contributed by atoms with Crippen molar-refractivity contribution >= 4 is 5.97 Å². The van der Waals surface area contributed by atoms with E-state index in [1.54, 1.807) is 0 Å². The predicted molar refractivity (Wildman–Crippen MR) is 67.8 cm³/mol. The molecule has 1 heterocycles. The summed E-state index contributed by atoms with van der Waals surface area (Å²) in [6.07, 6.45) is 3.53. The summed E-state index contributed by atoms with van der Waals surface area (Å²) < 4.78 is 5.22. The first-order valence-corrected chi connectivity index (χ1v) is 6.93. The average Bonchev–Trinajstić information content (AvgIpc) is 2.73. The Labute approximate surface area is 108 Å². The maximum Gasteiger partial charge on any atom is 0.334 e. The van der Waals surface area contributed by atoms with Crippen LogP contribution >= 0.6 is 0 Å². The first-order valence-electron chi connectivity index (χ1n) is 6.93. The number of ether oxygens (including phenoxy) is 1. The maximum absolute atomic E-state index is 12.0. The van der Waals surface area contributed by atoms with Gasteiger partial charge in [-0.05, 0) is 38.0 Å². The van der Waals surface area contributed by atoms with Crippen molar-refractivity contribution in [3.05, 3.63) is 11.1 Å². The molecule has 0 unspecified atom stereocenters. The van der Waals surface area contributed by atoms with Gasteiger partial charge in [-0.2, -0.15) is 0 Å². The highest BCUT2D eigenvalue weighted by Gasteiger charge is 2.50. The molecule has 0 bridgehead atoms. The van der Waals surface area contributed by atoms with E-state index in [-0.39, 0.29) is 23.2 Å². The van der Waals surface area contributed by atoms with Gasteiger partial charge in [-0.3, -0.25) is 0 Å². The van der Waals surface area contributed by atoms with Crippen LogP contribution in [0.25, 0.3) is 0 Å². The molecule has 0 aromatic carbocycles. The monoisotopic (exact) mass is 250 g/mol. The summed E-state index contributed by atoms with van der Waals surface area (Å²) in [6.45, 7) is 6.90. The van der Waals surface area contributed by atoms with Gasteiger partial charge in [0.15, 0.2) is 0 Å². The van der Waals surface area contributed by atoms with Gasteiger partial charge in [0.05, 0.1) is 12.2 Å². The van der Waals surface area contributed by atoms with Crippen molar-refractivity contribution in [2.45, 2.75) is 52.1 Å². The van der Waals surface area contributed by atoms with E-state index >= 15 is 0 Å². The first kappa shape index (κ1) is 12.2. The normalized spacial score (nSPS) is 42.3. The molecule has 2 fully saturated rings. The number of fused-ring (bicyclic) bond motifs is 2. The van der Waals surface area contributed by atoms with Gasteiger partial charge in [0, 0.05) is 17.4 Å². The number of rotatable bonds is 0. The van der Waals surface area contributed by atoms with Crippen LogP contribution in [0.5, 0.6) is 0 Å². The van der Waals surface area contributed by atoms with Crippen LogP contribution in [-0.2, 0) is 9.53 Å². The molecule has 3 atom stereocenters. The summed E-state index contributed by atoms with van der Waals surface area (Å²) in [5.41, 5.74) is 1.61. The van der Waals surface area contributed by atoms with Crippen LogP contribution in [0.1, 0.15) is 46.5 Å². The van der Waals surface area contributed by atoms with E-state index in [0.717, 1.165) is 31.3 Å². The van der Waals surface area contributed by atoms with Gasteiger partial charge in [0.25, 0.3) is 0 Å². The molecule has 2 aliphatic carbocycles. The van der Waals surface area contributed by atoms with Gasteiger partial charge in [0.1, 0.15) is 0 Å². The second-order valence-corrected chi connectivity index (χ2v) is 7.23. The molecular formula is C15H22O3. The largest absolute Gasteiger partial charge is 0.462 e. The van der Waals surface area contributed by atoms with E-state index in [9.17, 15) is 9.90 Å². The van der Waals surface area contributed by atoms with E-state index in [2.05, 4.69) is 13.8 Å². The lowest BCUT2D eigenvalue weighted by molar-refractivity contribution is -0.135. The molecular weight excluding hydrogens is 228 g/mol. The molecule has 0 amide bonds. The molecule has 100 valence electrons. The van der Waals surface area contributed by atoms with Gasteiger partial charge < -0.3 is 9.84 Å². The summed E-state index contributed by atoms with van der Waals surface area (Å²) in [5, 5.41) is 10.7. The summed E-state index contributed by atoms with van der Waals surface area (Å²) in [4.78, 5) is 12.0. The first-order chi connectivity index (χ1) is 8.30. The summed E-state index contributed by atoms with van der Waals surface area (Å²) in [7, 11) is 0. The molecule has 3 aliphatic rings. The Balaban J connectivity index is 2.12. The highest BCUT2D eigenvalue weighted by atomic mass is 16.5. The van der Waals surface area contributed by atoms with Crippen molar-refractivity contribution in [1.82, 2.24) is 0 Å². The molecule has 1 saturated carbocycles. The van der Waals surface area contributed by atoms with E-state index < -0.39 is 5.60 Å². The van der Waals surface area contributed by atoms with Gasteiger partial charge in [-0.15, -0.1) is 0 Å². The standard InChI is InChI=1S/C15H22O3/c1-14(2)6-10-11(7-14)15(3,17)5-4-9-8-18-13(16)12(9)10/h9,11,17H,4-8H2,1-3H3/t9-,11-,15-/m1/s1. The Morgan fingerprint density at radius 3 is 2.78 bits per heavy atom. The third kappa shape index (κ3) is 1.71. The number of carbonyl (C=O) groups excluding carboxylic acids is 1. The van der Waals surface area contributed by atoms with E-state index in [1.807, 2.05) is 6.92 Å². The molecule has 3 rings (SSSR count). The lowest BCUT2D eigenvalue weighted by Crippen LogP contribution is -2.34. The second-order valence-electron chi connectivity index (χ2n) is 7.23. The van der Waals surface area contributed by atoms with Gasteiger partial charge in [-0.25, -0.2) is 4.79 Å². The zero-order valence-electron chi connectivity index (χ0n) is 11.5. The molecule has 1 N–H and O–H groups in total. The molecule has 0 radical (unpaired) electrons. The van der Waals surface area contributed by atoms with Crippen LogP contribution < -0.4 is 0 Å². The minimum Gasteiger partial charge on any atom is -0.462 e. The minimum absolute atomic E-state index is 0.129. The van der Waals surface area contributed by atoms with Crippen molar-refractivity contribution in [2.75, 3.05) is 6.61 Å². The van der Waals surface area contributed by atoms with E-state index in [0.29, 0.717) is 6.61 Å². The number of carbonyl (C=O) groups is 1. The fourth-order valence-corrected chi connectivity index (χ4v) is 4.03. The van der Waals surface area contributed by atoms with Gasteiger partial charge >= 0.3 is 5.97 Å². The molecule has 3 heteroatoms. The third-order valence-corrected chi connectivity index (χ3v) is 4.99. The Morgan fingerprint density at radius 2 is 2.06 bits per heavy atom. The molecule has 18 heavy (non-hydrogen) atoms. The lowest BCUT2D eigenvalue weighted by atomic mass is 9.81. The van der Waals surface area contributed by atoms with Crippen LogP contribution in [-0.4, -0.2) is 23.3 Å². The topological polar surface area (TPSA) is 46.5 Å². The van der Waals surface area contributed by atoms with Crippen LogP contribution in [0.2, 0.25) is 0 Å². The fraction of sp³-hybridized carbons (Fsp3) is 0.800. The Kier molecular flexibility index (Phi) is 2.44. The smallest absolute Gasteiger partial charge is 0.334 e. The minimum atomic E-state index is -0.666.